The van der Waals surface area contributed by atoms with E-state index in [1.165, 1.54) is 6.33 Å². The van der Waals surface area contributed by atoms with Crippen LogP contribution in [0.15, 0.2) is 6.33 Å². The fraction of sp³-hybridized carbons (Fsp3) is 0.778. The molecule has 1 aromatic heterocycles. The van der Waals surface area contributed by atoms with Crippen molar-refractivity contribution in [2.24, 2.45) is 5.92 Å². The number of aromatic amines is 1. The van der Waals surface area contributed by atoms with E-state index < -0.39 is 0 Å². The third-order valence-corrected chi connectivity index (χ3v) is 6.01. The molecule has 9 heteroatoms. The molecule has 3 fully saturated rings. The number of hydrogen-bond donors (Lipinski definition) is 1. The Kier molecular flexibility index (Phi) is 5.68. The number of aromatic nitrogens is 3. The van der Waals surface area contributed by atoms with Crippen molar-refractivity contribution in [1.82, 2.24) is 29.9 Å². The monoisotopic (exact) mass is 376 g/mol. The average molecular weight is 376 g/mol. The van der Waals surface area contributed by atoms with Gasteiger partial charge in [-0.2, -0.15) is 5.10 Å². The van der Waals surface area contributed by atoms with Crippen LogP contribution in [0.3, 0.4) is 0 Å². The van der Waals surface area contributed by atoms with Crippen LogP contribution in [-0.2, 0) is 9.53 Å². The van der Waals surface area contributed by atoms with Crippen molar-refractivity contribution in [2.75, 3.05) is 52.5 Å². The first-order chi connectivity index (χ1) is 13.2. The highest BCUT2D eigenvalue weighted by Gasteiger charge is 2.34. The quantitative estimate of drug-likeness (QED) is 0.797. The van der Waals surface area contributed by atoms with Gasteiger partial charge in [-0.05, 0) is 32.2 Å². The molecule has 3 aliphatic heterocycles. The van der Waals surface area contributed by atoms with Gasteiger partial charge in [-0.15, -0.1) is 0 Å². The summed E-state index contributed by atoms with van der Waals surface area (Å²) in [5.74, 6) is 0.624. The van der Waals surface area contributed by atoms with Crippen LogP contribution in [0.2, 0.25) is 0 Å². The summed E-state index contributed by atoms with van der Waals surface area (Å²) in [5, 5.41) is 6.40. The van der Waals surface area contributed by atoms with E-state index >= 15 is 0 Å². The zero-order chi connectivity index (χ0) is 18.6. The van der Waals surface area contributed by atoms with Crippen molar-refractivity contribution in [3.8, 4) is 0 Å². The van der Waals surface area contributed by atoms with Crippen molar-refractivity contribution in [3.05, 3.63) is 12.2 Å². The predicted molar refractivity (Wildman–Crippen MR) is 97.0 cm³/mol. The van der Waals surface area contributed by atoms with Gasteiger partial charge >= 0.3 is 0 Å². The summed E-state index contributed by atoms with van der Waals surface area (Å²) in [6.07, 6.45) is 5.30. The first-order valence-corrected chi connectivity index (χ1v) is 9.97. The number of nitrogens with one attached hydrogen (secondary N) is 1. The van der Waals surface area contributed by atoms with Gasteiger partial charge in [0, 0.05) is 38.8 Å². The smallest absolute Gasteiger partial charge is 0.291 e. The van der Waals surface area contributed by atoms with Gasteiger partial charge in [-0.1, -0.05) is 0 Å². The van der Waals surface area contributed by atoms with Crippen LogP contribution in [0.4, 0.5) is 0 Å². The maximum atomic E-state index is 12.8. The molecule has 2 amide bonds. The van der Waals surface area contributed by atoms with E-state index in [1.54, 1.807) is 0 Å². The number of carbonyl (C=O) groups is 2. The second-order valence-electron chi connectivity index (χ2n) is 7.63. The van der Waals surface area contributed by atoms with Crippen molar-refractivity contribution in [2.45, 2.75) is 31.7 Å². The Morgan fingerprint density at radius 3 is 2.52 bits per heavy atom. The molecular formula is C18H28N6O3. The summed E-state index contributed by atoms with van der Waals surface area (Å²) in [4.78, 5) is 35.4. The van der Waals surface area contributed by atoms with Crippen LogP contribution in [0, 0.1) is 5.92 Å². The topological polar surface area (TPSA) is 94.7 Å². The molecule has 148 valence electrons. The van der Waals surface area contributed by atoms with E-state index in [-0.39, 0.29) is 11.8 Å². The minimum absolute atomic E-state index is 0.0787. The Hall–Kier alpha value is -2.00. The zero-order valence-electron chi connectivity index (χ0n) is 15.7. The molecule has 27 heavy (non-hydrogen) atoms. The van der Waals surface area contributed by atoms with Crippen LogP contribution in [0.25, 0.3) is 0 Å². The van der Waals surface area contributed by atoms with Gasteiger partial charge in [0.05, 0.1) is 19.1 Å². The minimum Gasteiger partial charge on any atom is -0.378 e. The Morgan fingerprint density at radius 1 is 1.04 bits per heavy atom. The van der Waals surface area contributed by atoms with Crippen LogP contribution in [-0.4, -0.2) is 100 Å². The lowest BCUT2D eigenvalue weighted by atomic mass is 9.92. The molecule has 1 aromatic rings. The highest BCUT2D eigenvalue weighted by atomic mass is 16.5. The maximum Gasteiger partial charge on any atom is 0.291 e. The molecule has 0 aromatic carbocycles. The molecule has 4 rings (SSSR count). The van der Waals surface area contributed by atoms with Crippen molar-refractivity contribution >= 4 is 11.8 Å². The predicted octanol–water partition coefficient (Wildman–Crippen LogP) is -0.0199. The van der Waals surface area contributed by atoms with Gasteiger partial charge in [0.25, 0.3) is 5.91 Å². The highest BCUT2D eigenvalue weighted by molar-refractivity contribution is 5.90. The number of rotatable bonds is 3. The molecule has 3 saturated heterocycles. The standard InChI is InChI=1S/C18H28N6O3/c25-17(23-8-10-27-11-9-23)14-2-1-5-24(12-14)15-3-6-22(7-4-15)18(26)16-19-13-20-21-16/h13-15H,1-12H2,(H,19,20,21)/t14-/m1/s1. The van der Waals surface area contributed by atoms with Crippen LogP contribution in [0.5, 0.6) is 0 Å². The third kappa shape index (κ3) is 4.14. The zero-order valence-corrected chi connectivity index (χ0v) is 15.7. The number of nitrogens with zero attached hydrogens (tertiary/aromatic N) is 5. The first-order valence-electron chi connectivity index (χ1n) is 9.97. The molecule has 1 N–H and O–H groups in total. The van der Waals surface area contributed by atoms with E-state index in [4.69, 9.17) is 4.74 Å². The number of likely N-dealkylation sites (tertiary alicyclic amines) is 2. The van der Waals surface area contributed by atoms with Crippen molar-refractivity contribution < 1.29 is 14.3 Å². The summed E-state index contributed by atoms with van der Waals surface area (Å²) in [6.45, 7) is 6.09. The normalized spacial score (nSPS) is 25.6. The summed E-state index contributed by atoms with van der Waals surface area (Å²) in [7, 11) is 0. The molecule has 1 atom stereocenters. The third-order valence-electron chi connectivity index (χ3n) is 6.01. The number of ether oxygens (including phenoxy) is 1. The fourth-order valence-corrected chi connectivity index (χ4v) is 4.47. The lowest BCUT2D eigenvalue weighted by Crippen LogP contribution is -2.53. The van der Waals surface area contributed by atoms with E-state index in [0.29, 0.717) is 31.0 Å². The Labute approximate surface area is 159 Å². The number of amides is 2. The summed E-state index contributed by atoms with van der Waals surface area (Å²) in [6, 6.07) is 0.448. The maximum absolute atomic E-state index is 12.8. The molecule has 0 bridgehead atoms. The van der Waals surface area contributed by atoms with Gasteiger partial charge in [0.2, 0.25) is 11.7 Å². The van der Waals surface area contributed by atoms with Gasteiger partial charge < -0.3 is 14.5 Å². The van der Waals surface area contributed by atoms with Crippen molar-refractivity contribution in [3.63, 3.8) is 0 Å². The SMILES string of the molecule is O=C(c1ncn[nH]1)N1CCC(N2CCC[C@@H](C(=O)N3CCOCC3)C2)CC1. The molecule has 0 saturated carbocycles. The summed E-state index contributed by atoms with van der Waals surface area (Å²) in [5.41, 5.74) is 0. The Bertz CT molecular complexity index is 638. The molecule has 3 aliphatic rings. The van der Waals surface area contributed by atoms with Gasteiger partial charge in [-0.3, -0.25) is 19.6 Å². The minimum atomic E-state index is -0.0787. The summed E-state index contributed by atoms with van der Waals surface area (Å²) < 4.78 is 5.36. The van der Waals surface area contributed by atoms with Crippen LogP contribution < -0.4 is 0 Å². The van der Waals surface area contributed by atoms with E-state index in [0.717, 1.165) is 65.0 Å². The molecule has 9 nitrogen and oxygen atoms in total. The van der Waals surface area contributed by atoms with Crippen LogP contribution >= 0.6 is 0 Å². The van der Waals surface area contributed by atoms with Gasteiger partial charge in [0.15, 0.2) is 0 Å². The number of piperidine rings is 2. The first kappa shape index (κ1) is 18.4. The van der Waals surface area contributed by atoms with E-state index in [9.17, 15) is 9.59 Å². The Morgan fingerprint density at radius 2 is 1.81 bits per heavy atom. The van der Waals surface area contributed by atoms with Gasteiger partial charge in [0.1, 0.15) is 6.33 Å². The second kappa shape index (κ2) is 8.35. The largest absolute Gasteiger partial charge is 0.378 e. The molecular weight excluding hydrogens is 348 g/mol. The van der Waals surface area contributed by atoms with Crippen molar-refractivity contribution in [1.29, 1.82) is 0 Å². The number of morpholine rings is 1. The Balaban J connectivity index is 1.29. The van der Waals surface area contributed by atoms with Crippen LogP contribution in [0.1, 0.15) is 36.3 Å². The molecule has 4 heterocycles. The molecule has 0 aliphatic carbocycles. The highest BCUT2D eigenvalue weighted by Crippen LogP contribution is 2.25. The number of carbonyl (C=O) groups excluding carboxylic acids is 2. The average Bonchev–Trinajstić information content (AvgIpc) is 3.28. The fourth-order valence-electron chi connectivity index (χ4n) is 4.47. The lowest BCUT2D eigenvalue weighted by molar-refractivity contribution is -0.141. The van der Waals surface area contributed by atoms with Gasteiger partial charge in [-0.25, -0.2) is 4.98 Å². The second-order valence-corrected chi connectivity index (χ2v) is 7.63. The van der Waals surface area contributed by atoms with E-state index in [2.05, 4.69) is 20.1 Å². The summed E-state index contributed by atoms with van der Waals surface area (Å²) >= 11 is 0. The molecule has 0 spiro atoms. The molecule has 0 unspecified atom stereocenters. The van der Waals surface area contributed by atoms with E-state index in [1.807, 2.05) is 9.80 Å². The lowest BCUT2D eigenvalue weighted by Gasteiger charge is -2.42. The number of hydrogen-bond acceptors (Lipinski definition) is 6. The molecule has 0 radical (unpaired) electrons. The number of H-pyrrole nitrogens is 1.